The Morgan fingerprint density at radius 1 is 1.00 bits per heavy atom. The standard InChI is InChI=1S/C29H29NO6S/c1-4-19(3)36-27(31)17-30-28(32)26(37-29(30)33)16-20-13-14-24(25(15-20)34-5-2)35-18-22-11-8-10-21-9-6-7-12-23(21)22/h6-16,19H,4-5,17-18H2,1-3H3/b26-16+/t19-/m1/s1. The summed E-state index contributed by atoms with van der Waals surface area (Å²) in [7, 11) is 0. The third-order valence-corrected chi connectivity index (χ3v) is 6.80. The molecule has 8 heteroatoms. The predicted octanol–water partition coefficient (Wildman–Crippen LogP) is 6.20. The Kier molecular flexibility index (Phi) is 8.50. The molecule has 0 radical (unpaired) electrons. The lowest BCUT2D eigenvalue weighted by atomic mass is 10.1. The van der Waals surface area contributed by atoms with E-state index in [4.69, 9.17) is 14.2 Å². The first-order valence-electron chi connectivity index (χ1n) is 12.2. The van der Waals surface area contributed by atoms with E-state index in [0.717, 1.165) is 33.0 Å². The molecule has 7 nitrogen and oxygen atoms in total. The molecule has 192 valence electrons. The van der Waals surface area contributed by atoms with E-state index in [0.29, 0.717) is 36.7 Å². The van der Waals surface area contributed by atoms with Gasteiger partial charge in [0.25, 0.3) is 11.1 Å². The van der Waals surface area contributed by atoms with Crippen molar-refractivity contribution < 1.29 is 28.6 Å². The van der Waals surface area contributed by atoms with Crippen LogP contribution in [-0.2, 0) is 20.9 Å². The molecule has 1 aliphatic heterocycles. The monoisotopic (exact) mass is 519 g/mol. The maximum atomic E-state index is 12.8. The summed E-state index contributed by atoms with van der Waals surface area (Å²) in [4.78, 5) is 38.4. The first kappa shape index (κ1) is 26.3. The summed E-state index contributed by atoms with van der Waals surface area (Å²) in [5.41, 5.74) is 1.73. The molecule has 0 bridgehead atoms. The minimum Gasteiger partial charge on any atom is -0.490 e. The van der Waals surface area contributed by atoms with Crippen LogP contribution in [0.5, 0.6) is 11.5 Å². The van der Waals surface area contributed by atoms with Crippen LogP contribution in [-0.4, -0.2) is 41.3 Å². The average Bonchev–Trinajstić information content (AvgIpc) is 3.15. The minimum absolute atomic E-state index is 0.230. The highest BCUT2D eigenvalue weighted by Crippen LogP contribution is 2.35. The zero-order valence-electron chi connectivity index (χ0n) is 21.1. The van der Waals surface area contributed by atoms with Crippen LogP contribution >= 0.6 is 11.8 Å². The topological polar surface area (TPSA) is 82.1 Å². The number of hydrogen-bond acceptors (Lipinski definition) is 7. The van der Waals surface area contributed by atoms with Crippen LogP contribution in [0, 0.1) is 0 Å². The molecule has 3 aromatic rings. The molecule has 0 N–H and O–H groups in total. The van der Waals surface area contributed by atoms with Crippen molar-refractivity contribution in [2.45, 2.75) is 39.9 Å². The Morgan fingerprint density at radius 3 is 2.57 bits per heavy atom. The summed E-state index contributed by atoms with van der Waals surface area (Å²) < 4.78 is 17.1. The molecular weight excluding hydrogens is 490 g/mol. The number of carbonyl (C=O) groups excluding carboxylic acids is 3. The number of carbonyl (C=O) groups is 3. The lowest BCUT2D eigenvalue weighted by Crippen LogP contribution is -2.35. The van der Waals surface area contributed by atoms with Crippen molar-refractivity contribution in [3.8, 4) is 11.5 Å². The van der Waals surface area contributed by atoms with Crippen LogP contribution in [0.2, 0.25) is 0 Å². The molecule has 0 unspecified atom stereocenters. The van der Waals surface area contributed by atoms with E-state index in [1.807, 2.05) is 38.1 Å². The Bertz CT molecular complexity index is 1350. The maximum absolute atomic E-state index is 12.8. The number of amides is 2. The summed E-state index contributed by atoms with van der Waals surface area (Å²) in [6.07, 6.45) is 1.99. The van der Waals surface area contributed by atoms with Crippen molar-refractivity contribution >= 4 is 45.7 Å². The molecule has 0 spiro atoms. The number of imide groups is 1. The number of ether oxygens (including phenoxy) is 3. The van der Waals surface area contributed by atoms with Gasteiger partial charge in [-0.3, -0.25) is 19.3 Å². The number of nitrogens with zero attached hydrogens (tertiary/aromatic N) is 1. The molecule has 2 amide bonds. The number of fused-ring (bicyclic) bond motifs is 1. The predicted molar refractivity (Wildman–Crippen MR) is 144 cm³/mol. The highest BCUT2D eigenvalue weighted by Gasteiger charge is 2.36. The van der Waals surface area contributed by atoms with Crippen molar-refractivity contribution in [3.63, 3.8) is 0 Å². The number of rotatable bonds is 10. The van der Waals surface area contributed by atoms with Crippen LogP contribution in [0.4, 0.5) is 4.79 Å². The van der Waals surface area contributed by atoms with Crippen molar-refractivity contribution in [1.29, 1.82) is 0 Å². The SMILES string of the molecule is CCOc1cc(/C=C2/SC(=O)N(CC(=O)O[C@H](C)CC)C2=O)ccc1OCc1cccc2ccccc12. The molecular formula is C29H29NO6S. The van der Waals surface area contributed by atoms with E-state index >= 15 is 0 Å². The molecule has 1 aliphatic rings. The fourth-order valence-electron chi connectivity index (χ4n) is 3.84. The van der Waals surface area contributed by atoms with Crippen molar-refractivity contribution in [2.24, 2.45) is 0 Å². The Hall–Kier alpha value is -3.78. The fourth-order valence-corrected chi connectivity index (χ4v) is 4.68. The van der Waals surface area contributed by atoms with Crippen molar-refractivity contribution in [1.82, 2.24) is 4.90 Å². The van der Waals surface area contributed by atoms with E-state index in [2.05, 4.69) is 18.2 Å². The first-order valence-corrected chi connectivity index (χ1v) is 13.0. The van der Waals surface area contributed by atoms with Gasteiger partial charge in [-0.25, -0.2) is 0 Å². The van der Waals surface area contributed by atoms with Gasteiger partial charge in [-0.2, -0.15) is 0 Å². The molecule has 0 saturated carbocycles. The third kappa shape index (κ3) is 6.32. The summed E-state index contributed by atoms with van der Waals surface area (Å²) >= 11 is 0.794. The normalized spacial score (nSPS) is 15.3. The van der Waals surface area contributed by atoms with Crippen LogP contribution < -0.4 is 9.47 Å². The molecule has 0 aliphatic carbocycles. The number of hydrogen-bond donors (Lipinski definition) is 0. The largest absolute Gasteiger partial charge is 0.490 e. The van der Waals surface area contributed by atoms with Gasteiger partial charge in [-0.05, 0) is 72.1 Å². The molecule has 1 fully saturated rings. The second-order valence-corrected chi connectivity index (χ2v) is 9.54. The van der Waals surface area contributed by atoms with Gasteiger partial charge in [0.2, 0.25) is 0 Å². The van der Waals surface area contributed by atoms with Crippen molar-refractivity contribution in [2.75, 3.05) is 13.2 Å². The average molecular weight is 520 g/mol. The van der Waals surface area contributed by atoms with Crippen LogP contribution in [0.15, 0.2) is 65.6 Å². The Labute approximate surface area is 220 Å². The number of esters is 1. The van der Waals surface area contributed by atoms with E-state index in [-0.39, 0.29) is 11.0 Å². The van der Waals surface area contributed by atoms with E-state index in [9.17, 15) is 14.4 Å². The Morgan fingerprint density at radius 2 is 1.78 bits per heavy atom. The second-order valence-electron chi connectivity index (χ2n) is 8.54. The van der Waals surface area contributed by atoms with Crippen LogP contribution in [0.1, 0.15) is 38.3 Å². The van der Waals surface area contributed by atoms with Crippen molar-refractivity contribution in [3.05, 3.63) is 76.7 Å². The number of thioether (sulfide) groups is 1. The zero-order valence-corrected chi connectivity index (χ0v) is 21.9. The molecule has 1 saturated heterocycles. The molecule has 1 heterocycles. The third-order valence-electron chi connectivity index (χ3n) is 5.90. The summed E-state index contributed by atoms with van der Waals surface area (Å²) in [6.45, 7) is 5.92. The second kappa shape index (κ2) is 12.0. The van der Waals surface area contributed by atoms with Gasteiger partial charge in [-0.1, -0.05) is 55.5 Å². The number of benzene rings is 3. The van der Waals surface area contributed by atoms with E-state index in [1.165, 1.54) is 0 Å². The first-order chi connectivity index (χ1) is 17.9. The van der Waals surface area contributed by atoms with Gasteiger partial charge in [0.15, 0.2) is 11.5 Å². The van der Waals surface area contributed by atoms with Crippen LogP contribution in [0.25, 0.3) is 16.8 Å². The Balaban J connectivity index is 1.49. The van der Waals surface area contributed by atoms with Gasteiger partial charge in [0.05, 0.1) is 17.6 Å². The summed E-state index contributed by atoms with van der Waals surface area (Å²) in [5, 5.41) is 1.77. The molecule has 3 aromatic carbocycles. The van der Waals surface area contributed by atoms with Gasteiger partial charge < -0.3 is 14.2 Å². The quantitative estimate of drug-likeness (QED) is 0.233. The summed E-state index contributed by atoms with van der Waals surface area (Å²) in [5.74, 6) is -0.0183. The molecule has 37 heavy (non-hydrogen) atoms. The van der Waals surface area contributed by atoms with E-state index in [1.54, 1.807) is 31.2 Å². The smallest absolute Gasteiger partial charge is 0.326 e. The molecule has 0 aromatic heterocycles. The van der Waals surface area contributed by atoms with Gasteiger partial charge >= 0.3 is 5.97 Å². The lowest BCUT2D eigenvalue weighted by Gasteiger charge is -2.15. The highest BCUT2D eigenvalue weighted by atomic mass is 32.2. The van der Waals surface area contributed by atoms with Crippen LogP contribution in [0.3, 0.4) is 0 Å². The lowest BCUT2D eigenvalue weighted by molar-refractivity contribution is -0.150. The van der Waals surface area contributed by atoms with Gasteiger partial charge in [0, 0.05) is 0 Å². The fraction of sp³-hybridized carbons (Fsp3) is 0.276. The van der Waals surface area contributed by atoms with Gasteiger partial charge in [0.1, 0.15) is 13.2 Å². The molecule has 1 atom stereocenters. The highest BCUT2D eigenvalue weighted by molar-refractivity contribution is 8.18. The zero-order chi connectivity index (χ0) is 26.4. The minimum atomic E-state index is -0.607. The summed E-state index contributed by atoms with van der Waals surface area (Å²) in [6, 6.07) is 19.6. The molecule has 4 rings (SSSR count). The van der Waals surface area contributed by atoms with E-state index < -0.39 is 23.7 Å². The van der Waals surface area contributed by atoms with Gasteiger partial charge in [-0.15, -0.1) is 0 Å². The maximum Gasteiger partial charge on any atom is 0.326 e.